The summed E-state index contributed by atoms with van der Waals surface area (Å²) in [4.78, 5) is 35.3. The van der Waals surface area contributed by atoms with E-state index >= 15 is 0 Å². The first-order chi connectivity index (χ1) is 11.5. The normalized spacial score (nSPS) is 23.4. The molecule has 1 amide bonds. The van der Waals surface area contributed by atoms with Crippen LogP contribution in [0, 0.1) is 26.1 Å². The van der Waals surface area contributed by atoms with Crippen molar-refractivity contribution in [3.05, 3.63) is 44.0 Å². The van der Waals surface area contributed by atoms with Crippen molar-refractivity contribution >= 4 is 17.3 Å². The number of nitro benzene ring substituents is 2. The van der Waals surface area contributed by atoms with Gasteiger partial charge in [0.15, 0.2) is 0 Å². The molecular formula is C16H19N3O5. The number of non-ortho nitro benzene ring substituents is 2. The number of amides is 1. The molecule has 0 N–H and O–H groups in total. The van der Waals surface area contributed by atoms with Crippen LogP contribution in [0.2, 0.25) is 0 Å². The maximum absolute atomic E-state index is 12.9. The summed E-state index contributed by atoms with van der Waals surface area (Å²) in [5.74, 6) is 0.142. The van der Waals surface area contributed by atoms with Crippen molar-refractivity contribution in [3.8, 4) is 0 Å². The van der Waals surface area contributed by atoms with E-state index in [-0.39, 0.29) is 17.5 Å². The monoisotopic (exact) mass is 333 g/mol. The second kappa shape index (κ2) is 6.54. The lowest BCUT2D eigenvalue weighted by Gasteiger charge is -2.44. The minimum absolute atomic E-state index is 0.0297. The number of fused-ring (bicyclic) bond motifs is 1. The van der Waals surface area contributed by atoms with Crippen molar-refractivity contribution in [3.63, 3.8) is 0 Å². The number of piperidine rings is 1. The van der Waals surface area contributed by atoms with Gasteiger partial charge in [-0.05, 0) is 31.6 Å². The van der Waals surface area contributed by atoms with E-state index in [4.69, 9.17) is 0 Å². The van der Waals surface area contributed by atoms with Crippen LogP contribution in [-0.4, -0.2) is 33.2 Å². The van der Waals surface area contributed by atoms with Crippen LogP contribution in [0.25, 0.3) is 0 Å². The molecule has 0 radical (unpaired) electrons. The predicted molar refractivity (Wildman–Crippen MR) is 85.8 cm³/mol. The Kier molecular flexibility index (Phi) is 4.46. The summed E-state index contributed by atoms with van der Waals surface area (Å²) >= 11 is 0. The van der Waals surface area contributed by atoms with Gasteiger partial charge in [-0.2, -0.15) is 0 Å². The van der Waals surface area contributed by atoms with Crippen LogP contribution in [0.15, 0.2) is 18.2 Å². The van der Waals surface area contributed by atoms with Crippen LogP contribution in [-0.2, 0) is 0 Å². The number of carbonyl (C=O) groups is 1. The molecule has 1 aliphatic carbocycles. The highest BCUT2D eigenvalue weighted by Crippen LogP contribution is 2.36. The van der Waals surface area contributed by atoms with Crippen molar-refractivity contribution in [2.75, 3.05) is 6.54 Å². The Morgan fingerprint density at radius 2 is 1.54 bits per heavy atom. The maximum atomic E-state index is 12.9. The Bertz CT molecular complexity index is 656. The summed E-state index contributed by atoms with van der Waals surface area (Å²) in [6, 6.07) is 3.32. The second-order valence-corrected chi connectivity index (χ2v) is 6.50. The number of nitro groups is 2. The van der Waals surface area contributed by atoms with E-state index < -0.39 is 21.2 Å². The van der Waals surface area contributed by atoms with Crippen LogP contribution >= 0.6 is 0 Å². The van der Waals surface area contributed by atoms with Gasteiger partial charge in [-0.1, -0.05) is 12.8 Å². The summed E-state index contributed by atoms with van der Waals surface area (Å²) in [7, 11) is 0. The van der Waals surface area contributed by atoms with Crippen molar-refractivity contribution in [1.82, 2.24) is 4.90 Å². The molecule has 1 saturated heterocycles. The SMILES string of the molecule is O=C(c1cc([N+](=O)[O-])cc([N+](=O)[O-])c1)N1CCC[C@@H]2CCCC[C@@H]21. The molecule has 0 aromatic heterocycles. The van der Waals surface area contributed by atoms with Crippen molar-refractivity contribution < 1.29 is 14.6 Å². The van der Waals surface area contributed by atoms with Crippen LogP contribution in [0.1, 0.15) is 48.9 Å². The first-order valence-electron chi connectivity index (χ1n) is 8.22. The summed E-state index contributed by atoms with van der Waals surface area (Å²) in [6.45, 7) is 0.608. The highest BCUT2D eigenvalue weighted by molar-refractivity contribution is 5.96. The number of carbonyl (C=O) groups excluding carboxylic acids is 1. The van der Waals surface area contributed by atoms with Gasteiger partial charge in [0.2, 0.25) is 0 Å². The fourth-order valence-electron chi connectivity index (χ4n) is 3.97. The van der Waals surface area contributed by atoms with Crippen molar-refractivity contribution in [2.45, 2.75) is 44.6 Å². The van der Waals surface area contributed by atoms with E-state index in [1.807, 2.05) is 0 Å². The smallest absolute Gasteiger partial charge is 0.277 e. The van der Waals surface area contributed by atoms with Gasteiger partial charge in [0, 0.05) is 24.7 Å². The standard InChI is InChI=1S/C16H19N3O5/c20-16(17-7-3-5-11-4-1-2-6-15(11)17)12-8-13(18(21)22)10-14(9-12)19(23)24/h8-11,15H,1-7H2/t11-,15-/m0/s1. The largest absolute Gasteiger partial charge is 0.335 e. The molecule has 1 heterocycles. The van der Waals surface area contributed by atoms with Crippen LogP contribution < -0.4 is 0 Å². The van der Waals surface area contributed by atoms with Crippen molar-refractivity contribution in [2.24, 2.45) is 5.92 Å². The minimum atomic E-state index is -0.705. The molecule has 1 aromatic carbocycles. The third kappa shape index (κ3) is 3.08. The third-order valence-corrected chi connectivity index (χ3v) is 5.08. The lowest BCUT2D eigenvalue weighted by molar-refractivity contribution is -0.394. The zero-order chi connectivity index (χ0) is 17.3. The molecule has 2 fully saturated rings. The Morgan fingerprint density at radius 3 is 2.17 bits per heavy atom. The van der Waals surface area contributed by atoms with Gasteiger partial charge >= 0.3 is 0 Å². The molecule has 2 aliphatic rings. The quantitative estimate of drug-likeness (QED) is 0.623. The molecule has 1 saturated carbocycles. The van der Waals surface area contributed by atoms with Gasteiger partial charge in [0.1, 0.15) is 0 Å². The lowest BCUT2D eigenvalue weighted by atomic mass is 9.78. The molecule has 2 atom stereocenters. The predicted octanol–water partition coefficient (Wildman–Crippen LogP) is 3.30. The highest BCUT2D eigenvalue weighted by Gasteiger charge is 2.36. The summed E-state index contributed by atoms with van der Waals surface area (Å²) < 4.78 is 0. The zero-order valence-electron chi connectivity index (χ0n) is 13.2. The molecule has 0 spiro atoms. The average Bonchev–Trinajstić information content (AvgIpc) is 2.60. The Hall–Kier alpha value is -2.51. The number of rotatable bonds is 3. The van der Waals surface area contributed by atoms with E-state index in [0.29, 0.717) is 12.5 Å². The number of hydrogen-bond acceptors (Lipinski definition) is 5. The number of likely N-dealkylation sites (tertiary alicyclic amines) is 1. The number of benzene rings is 1. The third-order valence-electron chi connectivity index (χ3n) is 5.08. The molecular weight excluding hydrogens is 314 g/mol. The molecule has 8 heteroatoms. The molecule has 0 unspecified atom stereocenters. The average molecular weight is 333 g/mol. The molecule has 128 valence electrons. The first-order valence-corrected chi connectivity index (χ1v) is 8.22. The van der Waals surface area contributed by atoms with E-state index in [9.17, 15) is 25.0 Å². The van der Waals surface area contributed by atoms with Gasteiger partial charge in [-0.15, -0.1) is 0 Å². The first kappa shape index (κ1) is 16.4. The Labute approximate surface area is 138 Å². The van der Waals surface area contributed by atoms with Crippen molar-refractivity contribution in [1.29, 1.82) is 0 Å². The van der Waals surface area contributed by atoms with E-state index in [1.54, 1.807) is 4.90 Å². The van der Waals surface area contributed by atoms with Gasteiger partial charge in [-0.3, -0.25) is 25.0 Å². The fraction of sp³-hybridized carbons (Fsp3) is 0.562. The Morgan fingerprint density at radius 1 is 0.958 bits per heavy atom. The van der Waals surface area contributed by atoms with Gasteiger partial charge in [-0.25, -0.2) is 0 Å². The van der Waals surface area contributed by atoms with Crippen LogP contribution in [0.5, 0.6) is 0 Å². The topological polar surface area (TPSA) is 107 Å². The molecule has 0 bridgehead atoms. The minimum Gasteiger partial charge on any atom is -0.335 e. The molecule has 1 aromatic rings. The number of hydrogen-bond donors (Lipinski definition) is 0. The van der Waals surface area contributed by atoms with Gasteiger partial charge in [0.05, 0.1) is 21.5 Å². The van der Waals surface area contributed by atoms with Gasteiger partial charge in [0.25, 0.3) is 17.3 Å². The summed E-state index contributed by atoms with van der Waals surface area (Å²) in [5.41, 5.74) is -0.823. The summed E-state index contributed by atoms with van der Waals surface area (Å²) in [5, 5.41) is 22.0. The molecule has 1 aliphatic heterocycles. The Balaban J connectivity index is 1.93. The second-order valence-electron chi connectivity index (χ2n) is 6.50. The van der Waals surface area contributed by atoms with Crippen LogP contribution in [0.4, 0.5) is 11.4 Å². The molecule has 3 rings (SSSR count). The highest BCUT2D eigenvalue weighted by atomic mass is 16.6. The summed E-state index contributed by atoms with van der Waals surface area (Å²) in [6.07, 6.45) is 6.29. The van der Waals surface area contributed by atoms with Crippen LogP contribution in [0.3, 0.4) is 0 Å². The number of nitrogens with zero attached hydrogens (tertiary/aromatic N) is 3. The van der Waals surface area contributed by atoms with E-state index in [1.165, 1.54) is 6.42 Å². The maximum Gasteiger partial charge on any atom is 0.277 e. The zero-order valence-corrected chi connectivity index (χ0v) is 13.2. The van der Waals surface area contributed by atoms with E-state index in [2.05, 4.69) is 0 Å². The van der Waals surface area contributed by atoms with E-state index in [0.717, 1.165) is 50.3 Å². The molecule has 24 heavy (non-hydrogen) atoms. The lowest BCUT2D eigenvalue weighted by Crippen LogP contribution is -2.49. The molecule has 8 nitrogen and oxygen atoms in total. The van der Waals surface area contributed by atoms with Gasteiger partial charge < -0.3 is 4.90 Å². The fourth-order valence-corrected chi connectivity index (χ4v) is 3.97.